The number of nitrogens with one attached hydrogen (secondary N) is 2. The first kappa shape index (κ1) is 14.3. The summed E-state index contributed by atoms with van der Waals surface area (Å²) >= 11 is 0. The maximum absolute atomic E-state index is 11.9. The topological polar surface area (TPSA) is 57.3 Å². The summed E-state index contributed by atoms with van der Waals surface area (Å²) < 4.78 is 0. The van der Waals surface area contributed by atoms with Crippen molar-refractivity contribution in [2.75, 3.05) is 24.5 Å². The minimum Gasteiger partial charge on any atom is -0.367 e. The van der Waals surface area contributed by atoms with E-state index in [2.05, 4.69) is 20.5 Å². The fourth-order valence-corrected chi connectivity index (χ4v) is 2.97. The average molecular weight is 288 g/mol. The first-order chi connectivity index (χ1) is 10.3. The highest BCUT2D eigenvalue weighted by Gasteiger charge is 2.31. The smallest absolute Gasteiger partial charge is 0.269 e. The van der Waals surface area contributed by atoms with E-state index in [0.717, 1.165) is 18.8 Å². The lowest BCUT2D eigenvalue weighted by Gasteiger charge is -2.28. The lowest BCUT2D eigenvalue weighted by atomic mass is 10.2. The van der Waals surface area contributed by atoms with Gasteiger partial charge in [-0.05, 0) is 51.3 Å². The van der Waals surface area contributed by atoms with Crippen LogP contribution >= 0.6 is 0 Å². The molecule has 5 heteroatoms. The molecule has 0 spiro atoms. The lowest BCUT2D eigenvalue weighted by Crippen LogP contribution is -2.39. The molecule has 1 amide bonds. The predicted octanol–water partition coefficient (Wildman–Crippen LogP) is 1.55. The van der Waals surface area contributed by atoms with Gasteiger partial charge in [-0.25, -0.2) is 0 Å². The minimum absolute atomic E-state index is 0.0888. The zero-order valence-corrected chi connectivity index (χ0v) is 12.6. The number of hydrogen-bond donors (Lipinski definition) is 2. The number of carbonyl (C=O) groups excluding carboxylic acids is 1. The van der Waals surface area contributed by atoms with Crippen molar-refractivity contribution in [3.8, 4) is 0 Å². The molecule has 0 bridgehead atoms. The third kappa shape index (κ3) is 3.53. The second-order valence-electron chi connectivity index (χ2n) is 5.94. The molecule has 2 N–H and O–H groups in total. The monoisotopic (exact) mass is 288 g/mol. The van der Waals surface area contributed by atoms with Crippen molar-refractivity contribution in [3.63, 3.8) is 0 Å². The van der Waals surface area contributed by atoms with Gasteiger partial charge >= 0.3 is 0 Å². The molecule has 2 fully saturated rings. The largest absolute Gasteiger partial charge is 0.367 e. The molecule has 5 nitrogen and oxygen atoms in total. The molecular formula is C16H24N4O. The molecular weight excluding hydrogens is 264 g/mol. The number of rotatable bonds is 6. The zero-order chi connectivity index (χ0) is 14.7. The van der Waals surface area contributed by atoms with Crippen LogP contribution in [0.15, 0.2) is 18.3 Å². The van der Waals surface area contributed by atoms with E-state index >= 15 is 0 Å². The SMILES string of the molecule is CCNC(=O)c1cc(N(CC2CCCN2)C2CC2)ccn1. The van der Waals surface area contributed by atoms with E-state index in [-0.39, 0.29) is 5.91 Å². The Hall–Kier alpha value is -1.62. The third-order valence-electron chi connectivity index (χ3n) is 4.21. The summed E-state index contributed by atoms with van der Waals surface area (Å²) in [6.45, 7) is 4.71. The Bertz CT molecular complexity index is 495. The first-order valence-corrected chi connectivity index (χ1v) is 8.02. The summed E-state index contributed by atoms with van der Waals surface area (Å²) in [5.41, 5.74) is 1.64. The van der Waals surface area contributed by atoms with Crippen LogP contribution in [0.1, 0.15) is 43.1 Å². The normalized spacial score (nSPS) is 21.3. The highest BCUT2D eigenvalue weighted by Crippen LogP contribution is 2.32. The van der Waals surface area contributed by atoms with E-state index < -0.39 is 0 Å². The molecule has 114 valence electrons. The van der Waals surface area contributed by atoms with Crippen molar-refractivity contribution in [1.82, 2.24) is 15.6 Å². The van der Waals surface area contributed by atoms with Crippen molar-refractivity contribution < 1.29 is 4.79 Å². The molecule has 0 aromatic carbocycles. The van der Waals surface area contributed by atoms with Crippen LogP contribution < -0.4 is 15.5 Å². The van der Waals surface area contributed by atoms with Gasteiger partial charge in [-0.2, -0.15) is 0 Å². The van der Waals surface area contributed by atoms with Crippen LogP contribution in [0, 0.1) is 0 Å². The lowest BCUT2D eigenvalue weighted by molar-refractivity contribution is 0.0951. The van der Waals surface area contributed by atoms with Gasteiger partial charge in [-0.1, -0.05) is 0 Å². The maximum Gasteiger partial charge on any atom is 0.269 e. The van der Waals surface area contributed by atoms with Crippen LogP contribution in [-0.2, 0) is 0 Å². The number of aromatic nitrogens is 1. The Kier molecular flexibility index (Phi) is 4.39. The van der Waals surface area contributed by atoms with E-state index in [1.54, 1.807) is 6.20 Å². The molecule has 3 rings (SSSR count). The van der Waals surface area contributed by atoms with Gasteiger partial charge in [-0.3, -0.25) is 9.78 Å². The average Bonchev–Trinajstić information content (AvgIpc) is 3.21. The van der Waals surface area contributed by atoms with Crippen LogP contribution in [0.2, 0.25) is 0 Å². The fraction of sp³-hybridized carbons (Fsp3) is 0.625. The molecule has 1 aromatic rings. The van der Waals surface area contributed by atoms with Crippen LogP contribution in [-0.4, -0.2) is 42.6 Å². The molecule has 2 heterocycles. The fourth-order valence-electron chi connectivity index (χ4n) is 2.97. The van der Waals surface area contributed by atoms with Gasteiger partial charge in [0.25, 0.3) is 5.91 Å². The van der Waals surface area contributed by atoms with Gasteiger partial charge < -0.3 is 15.5 Å². The molecule has 0 radical (unpaired) electrons. The molecule has 1 atom stereocenters. The summed E-state index contributed by atoms with van der Waals surface area (Å²) in [5.74, 6) is -0.0888. The van der Waals surface area contributed by atoms with Crippen molar-refractivity contribution in [1.29, 1.82) is 0 Å². The van der Waals surface area contributed by atoms with E-state index in [1.165, 1.54) is 25.7 Å². The zero-order valence-electron chi connectivity index (χ0n) is 12.6. The molecule has 1 aliphatic heterocycles. The van der Waals surface area contributed by atoms with E-state index in [9.17, 15) is 4.79 Å². The molecule has 1 aliphatic carbocycles. The molecule has 2 aliphatic rings. The van der Waals surface area contributed by atoms with Crippen LogP contribution in [0.3, 0.4) is 0 Å². The van der Waals surface area contributed by atoms with E-state index in [4.69, 9.17) is 0 Å². The van der Waals surface area contributed by atoms with Crippen molar-refractivity contribution >= 4 is 11.6 Å². The summed E-state index contributed by atoms with van der Waals surface area (Å²) in [5, 5.41) is 6.37. The molecule has 1 aromatic heterocycles. The number of anilines is 1. The summed E-state index contributed by atoms with van der Waals surface area (Å²) in [4.78, 5) is 18.6. The van der Waals surface area contributed by atoms with Crippen molar-refractivity contribution in [3.05, 3.63) is 24.0 Å². The highest BCUT2D eigenvalue weighted by atomic mass is 16.1. The van der Waals surface area contributed by atoms with Crippen molar-refractivity contribution in [2.24, 2.45) is 0 Å². The second-order valence-corrected chi connectivity index (χ2v) is 5.94. The Morgan fingerprint density at radius 3 is 3.00 bits per heavy atom. The number of carbonyl (C=O) groups is 1. The van der Waals surface area contributed by atoms with E-state index in [1.807, 2.05) is 19.1 Å². The third-order valence-corrected chi connectivity index (χ3v) is 4.21. The number of nitrogens with zero attached hydrogens (tertiary/aromatic N) is 2. The van der Waals surface area contributed by atoms with Gasteiger partial charge in [0.15, 0.2) is 0 Å². The summed E-state index contributed by atoms with van der Waals surface area (Å²) in [7, 11) is 0. The standard InChI is InChI=1S/C16H24N4O/c1-2-17-16(21)15-10-14(7-9-19-15)20(13-5-6-13)11-12-4-3-8-18-12/h7,9-10,12-13,18H,2-6,8,11H2,1H3,(H,17,21). The molecule has 1 unspecified atom stereocenters. The molecule has 1 saturated heterocycles. The Balaban J connectivity index is 1.75. The van der Waals surface area contributed by atoms with Gasteiger partial charge in [0, 0.05) is 37.1 Å². The highest BCUT2D eigenvalue weighted by molar-refractivity contribution is 5.93. The molecule has 21 heavy (non-hydrogen) atoms. The first-order valence-electron chi connectivity index (χ1n) is 8.02. The Morgan fingerprint density at radius 1 is 1.48 bits per heavy atom. The predicted molar refractivity (Wildman–Crippen MR) is 83.6 cm³/mol. The van der Waals surface area contributed by atoms with Crippen LogP contribution in [0.25, 0.3) is 0 Å². The number of amides is 1. The van der Waals surface area contributed by atoms with Gasteiger partial charge in [0.05, 0.1) is 0 Å². The van der Waals surface area contributed by atoms with Crippen LogP contribution in [0.5, 0.6) is 0 Å². The summed E-state index contributed by atoms with van der Waals surface area (Å²) in [6, 6.07) is 5.16. The van der Waals surface area contributed by atoms with Gasteiger partial charge in [0.1, 0.15) is 5.69 Å². The Labute approximate surface area is 126 Å². The summed E-state index contributed by atoms with van der Waals surface area (Å²) in [6.07, 6.45) is 6.77. The van der Waals surface area contributed by atoms with E-state index in [0.29, 0.717) is 24.3 Å². The van der Waals surface area contributed by atoms with Crippen LogP contribution in [0.4, 0.5) is 5.69 Å². The molecule has 1 saturated carbocycles. The minimum atomic E-state index is -0.0888. The number of pyridine rings is 1. The van der Waals surface area contributed by atoms with Crippen molar-refractivity contribution in [2.45, 2.75) is 44.7 Å². The number of hydrogen-bond acceptors (Lipinski definition) is 4. The van der Waals surface area contributed by atoms with Gasteiger partial charge in [-0.15, -0.1) is 0 Å². The maximum atomic E-state index is 11.9. The Morgan fingerprint density at radius 2 is 2.33 bits per heavy atom. The quantitative estimate of drug-likeness (QED) is 0.834. The second kappa shape index (κ2) is 6.43. The van der Waals surface area contributed by atoms with Gasteiger partial charge in [0.2, 0.25) is 0 Å².